The summed E-state index contributed by atoms with van der Waals surface area (Å²) in [6, 6.07) is 7.18. The van der Waals surface area contributed by atoms with Crippen LogP contribution >= 0.6 is 0 Å². The van der Waals surface area contributed by atoms with Crippen molar-refractivity contribution in [2.75, 3.05) is 6.61 Å². The van der Waals surface area contributed by atoms with Gasteiger partial charge in [-0.05, 0) is 54.0 Å². The molecule has 0 saturated carbocycles. The lowest BCUT2D eigenvalue weighted by atomic mass is 10.2. The number of rotatable bonds is 9. The van der Waals surface area contributed by atoms with Crippen LogP contribution < -0.4 is 9.74 Å². The van der Waals surface area contributed by atoms with Gasteiger partial charge in [0, 0.05) is 6.54 Å². The summed E-state index contributed by atoms with van der Waals surface area (Å²) in [6.07, 6.45) is 0. The van der Waals surface area contributed by atoms with Crippen LogP contribution in [0.2, 0.25) is 36.3 Å². The van der Waals surface area contributed by atoms with E-state index in [0.717, 1.165) is 11.3 Å². The minimum absolute atomic E-state index is 0.0471. The monoisotopic (exact) mass is 439 g/mol. The molecule has 7 heteroatoms. The number of hydrogen-bond donors (Lipinski definition) is 2. The largest absolute Gasteiger partial charge is 0.543 e. The zero-order chi connectivity index (χ0) is 22.7. The number of nitrogens with one attached hydrogen (secondary N) is 1. The molecule has 0 radical (unpaired) electrons. The van der Waals surface area contributed by atoms with Crippen molar-refractivity contribution in [2.24, 2.45) is 0 Å². The van der Waals surface area contributed by atoms with Crippen LogP contribution in [0.4, 0.5) is 0 Å². The third-order valence-electron chi connectivity index (χ3n) is 6.35. The van der Waals surface area contributed by atoms with E-state index < -0.39 is 28.6 Å². The second-order valence-electron chi connectivity index (χ2n) is 10.9. The first-order chi connectivity index (χ1) is 13.0. The fraction of sp³-hybridized carbons (Fsp3) is 0.682. The summed E-state index contributed by atoms with van der Waals surface area (Å²) >= 11 is 0. The Bertz CT molecular complexity index is 691. The highest BCUT2D eigenvalue weighted by Gasteiger charge is 2.39. The minimum atomic E-state index is -1.99. The van der Waals surface area contributed by atoms with E-state index >= 15 is 0 Å². The van der Waals surface area contributed by atoms with Gasteiger partial charge in [-0.2, -0.15) is 0 Å². The Kier molecular flexibility index (Phi) is 8.32. The summed E-state index contributed by atoms with van der Waals surface area (Å²) in [5.74, 6) is -0.0438. The van der Waals surface area contributed by atoms with Gasteiger partial charge in [-0.25, -0.2) is 0 Å². The van der Waals surface area contributed by atoms with Crippen molar-refractivity contribution >= 4 is 22.6 Å². The lowest BCUT2D eigenvalue weighted by molar-refractivity contribution is -0.140. The molecule has 0 spiro atoms. The van der Waals surface area contributed by atoms with E-state index in [9.17, 15) is 9.90 Å². The van der Waals surface area contributed by atoms with Crippen LogP contribution in [0, 0.1) is 0 Å². The molecule has 1 unspecified atom stereocenters. The van der Waals surface area contributed by atoms with Gasteiger partial charge in [-0.3, -0.25) is 10.1 Å². The summed E-state index contributed by atoms with van der Waals surface area (Å²) < 4.78 is 12.5. The summed E-state index contributed by atoms with van der Waals surface area (Å²) in [7, 11) is -3.91. The molecule has 1 rings (SSSR count). The predicted octanol–water partition coefficient (Wildman–Crippen LogP) is 5.64. The first kappa shape index (κ1) is 25.9. The van der Waals surface area contributed by atoms with Crippen molar-refractivity contribution in [1.29, 1.82) is 0 Å². The van der Waals surface area contributed by atoms with Gasteiger partial charge >= 0.3 is 5.97 Å². The summed E-state index contributed by atoms with van der Waals surface area (Å²) in [4.78, 5) is 11.7. The van der Waals surface area contributed by atoms with Crippen molar-refractivity contribution < 1.29 is 18.8 Å². The lowest BCUT2D eigenvalue weighted by Gasteiger charge is -2.37. The van der Waals surface area contributed by atoms with Crippen molar-refractivity contribution in [2.45, 2.75) is 90.4 Å². The number of carboxylic acids is 1. The van der Waals surface area contributed by atoms with E-state index in [1.54, 1.807) is 0 Å². The van der Waals surface area contributed by atoms with E-state index in [0.29, 0.717) is 6.54 Å². The maximum absolute atomic E-state index is 11.7. The van der Waals surface area contributed by atoms with E-state index in [1.165, 1.54) is 0 Å². The van der Waals surface area contributed by atoms with Crippen LogP contribution in [0.15, 0.2) is 24.3 Å². The number of aliphatic carboxylic acids is 1. The standard InChI is InChI=1S/C22H41NO4Si2/c1-21(2,3)28(7,8)26-16-19(20(24)25)23-15-17-12-11-13-18(14-17)27-29(9,10)22(4,5)6/h11-14,19,23H,15-16H2,1-10H3,(H,24,25). The summed E-state index contributed by atoms with van der Waals surface area (Å²) in [5, 5.41) is 12.9. The molecule has 0 aliphatic rings. The molecule has 29 heavy (non-hydrogen) atoms. The molecule has 0 aromatic heterocycles. The van der Waals surface area contributed by atoms with Gasteiger partial charge < -0.3 is 14.0 Å². The average molecular weight is 440 g/mol. The van der Waals surface area contributed by atoms with Gasteiger partial charge in [-0.15, -0.1) is 0 Å². The maximum Gasteiger partial charge on any atom is 0.323 e. The molecule has 0 fully saturated rings. The van der Waals surface area contributed by atoms with Crippen molar-refractivity contribution in [3.63, 3.8) is 0 Å². The molecule has 0 aliphatic carbocycles. The first-order valence-electron chi connectivity index (χ1n) is 10.3. The molecule has 0 amide bonds. The summed E-state index contributed by atoms with van der Waals surface area (Å²) in [6.45, 7) is 22.4. The smallest absolute Gasteiger partial charge is 0.323 e. The van der Waals surface area contributed by atoms with E-state index in [2.05, 4.69) is 73.0 Å². The van der Waals surface area contributed by atoms with Gasteiger partial charge in [0.05, 0.1) is 6.61 Å². The van der Waals surface area contributed by atoms with Gasteiger partial charge in [0.1, 0.15) is 11.8 Å². The molecular formula is C22H41NO4Si2. The Morgan fingerprint density at radius 2 is 1.59 bits per heavy atom. The number of carbonyl (C=O) groups is 1. The van der Waals surface area contributed by atoms with Gasteiger partial charge in [0.25, 0.3) is 0 Å². The van der Waals surface area contributed by atoms with Gasteiger partial charge in [0.15, 0.2) is 8.32 Å². The maximum atomic E-state index is 11.7. The van der Waals surface area contributed by atoms with Gasteiger partial charge in [-0.1, -0.05) is 53.7 Å². The van der Waals surface area contributed by atoms with Gasteiger partial charge in [0.2, 0.25) is 8.32 Å². The normalized spacial score (nSPS) is 14.6. The van der Waals surface area contributed by atoms with Crippen LogP contribution in [-0.2, 0) is 15.8 Å². The van der Waals surface area contributed by atoms with Crippen LogP contribution in [0.25, 0.3) is 0 Å². The summed E-state index contributed by atoms with van der Waals surface area (Å²) in [5.41, 5.74) is 1.000. The molecule has 1 atom stereocenters. The Balaban J connectivity index is 2.78. The third-order valence-corrected chi connectivity index (χ3v) is 15.2. The van der Waals surface area contributed by atoms with Crippen LogP contribution in [-0.4, -0.2) is 40.4 Å². The van der Waals surface area contributed by atoms with E-state index in [-0.39, 0.29) is 16.7 Å². The minimum Gasteiger partial charge on any atom is -0.543 e. The highest BCUT2D eigenvalue weighted by Crippen LogP contribution is 2.38. The molecule has 0 aliphatic heterocycles. The second-order valence-corrected chi connectivity index (χ2v) is 20.4. The molecule has 5 nitrogen and oxygen atoms in total. The second kappa shape index (κ2) is 9.33. The predicted molar refractivity (Wildman–Crippen MR) is 126 cm³/mol. The fourth-order valence-electron chi connectivity index (χ4n) is 2.13. The number of benzene rings is 1. The molecule has 0 heterocycles. The van der Waals surface area contributed by atoms with E-state index in [4.69, 9.17) is 8.85 Å². The molecule has 0 saturated heterocycles. The number of hydrogen-bond acceptors (Lipinski definition) is 4. The molecule has 1 aromatic rings. The third kappa shape index (κ3) is 7.55. The Hall–Kier alpha value is -1.16. The molecular weight excluding hydrogens is 398 g/mol. The molecule has 2 N–H and O–H groups in total. The van der Waals surface area contributed by atoms with Crippen molar-refractivity contribution in [3.05, 3.63) is 29.8 Å². The highest BCUT2D eigenvalue weighted by molar-refractivity contribution is 6.75. The number of carboxylic acid groups (broad SMARTS) is 1. The lowest BCUT2D eigenvalue weighted by Crippen LogP contribution is -2.47. The van der Waals surface area contributed by atoms with Crippen LogP contribution in [0.5, 0.6) is 5.75 Å². The average Bonchev–Trinajstić information content (AvgIpc) is 2.52. The fourth-order valence-corrected chi connectivity index (χ4v) is 4.17. The Morgan fingerprint density at radius 1 is 1.03 bits per heavy atom. The van der Waals surface area contributed by atoms with Crippen LogP contribution in [0.1, 0.15) is 47.1 Å². The zero-order valence-corrected chi connectivity index (χ0v) is 22.0. The van der Waals surface area contributed by atoms with Crippen molar-refractivity contribution in [1.82, 2.24) is 5.32 Å². The Morgan fingerprint density at radius 3 is 2.07 bits per heavy atom. The molecule has 166 valence electrons. The Labute approximate surface area is 179 Å². The van der Waals surface area contributed by atoms with E-state index in [1.807, 2.05) is 24.3 Å². The highest BCUT2D eigenvalue weighted by atomic mass is 28.4. The molecule has 1 aromatic carbocycles. The van der Waals surface area contributed by atoms with Crippen molar-refractivity contribution in [3.8, 4) is 5.75 Å². The quantitative estimate of drug-likeness (QED) is 0.488. The molecule has 0 bridgehead atoms. The van der Waals surface area contributed by atoms with Crippen LogP contribution in [0.3, 0.4) is 0 Å². The topological polar surface area (TPSA) is 67.8 Å². The first-order valence-corrected chi connectivity index (χ1v) is 16.2. The SMILES string of the molecule is CC(C)(C)[Si](C)(C)OCC(NCc1cccc(O[Si](C)(C)C(C)(C)C)c1)C(=O)O. The zero-order valence-electron chi connectivity index (χ0n) is 20.0.